The first-order valence-corrected chi connectivity index (χ1v) is 9.86. The second-order valence-corrected chi connectivity index (χ2v) is 6.70. The zero-order chi connectivity index (χ0) is 20.9. The van der Waals surface area contributed by atoms with Crippen LogP contribution < -0.4 is 24.8 Å². The van der Waals surface area contributed by atoms with Gasteiger partial charge in [0.2, 0.25) is 5.75 Å². The number of hydrogen-bond acceptors (Lipinski definition) is 5. The molecule has 2 N–H and O–H groups in total. The van der Waals surface area contributed by atoms with E-state index in [4.69, 9.17) is 18.9 Å². The summed E-state index contributed by atoms with van der Waals surface area (Å²) in [7, 11) is 6.64. The monoisotopic (exact) mass is 523 g/mol. The minimum absolute atomic E-state index is 0. The Kier molecular flexibility index (Phi) is 14.7. The predicted octanol–water partition coefficient (Wildman–Crippen LogP) is 3.49. The molecule has 0 aliphatic heterocycles. The summed E-state index contributed by atoms with van der Waals surface area (Å²) in [4.78, 5) is 4.29. The molecule has 1 unspecified atom stereocenters. The summed E-state index contributed by atoms with van der Waals surface area (Å²) < 4.78 is 22.1. The topological polar surface area (TPSA) is 73.3 Å². The molecule has 0 bridgehead atoms. The smallest absolute Gasteiger partial charge is 0.203 e. The molecule has 0 aliphatic rings. The number of nitrogens with one attached hydrogen (secondary N) is 2. The minimum Gasteiger partial charge on any atom is -0.493 e. The van der Waals surface area contributed by atoms with Crippen LogP contribution in [0, 0.1) is 5.92 Å². The summed E-state index contributed by atoms with van der Waals surface area (Å²) in [5.41, 5.74) is 1.04. The summed E-state index contributed by atoms with van der Waals surface area (Å²) in [6, 6.07) is 3.89. The third kappa shape index (κ3) is 8.86. The molecule has 0 amide bonds. The van der Waals surface area contributed by atoms with Gasteiger partial charge in [-0.1, -0.05) is 19.9 Å². The lowest BCUT2D eigenvalue weighted by atomic mass is 10.0. The van der Waals surface area contributed by atoms with Gasteiger partial charge in [-0.25, -0.2) is 0 Å². The third-order valence-electron chi connectivity index (χ3n) is 4.54. The quantitative estimate of drug-likeness (QED) is 0.248. The van der Waals surface area contributed by atoms with Crippen LogP contribution >= 0.6 is 24.0 Å². The zero-order valence-corrected chi connectivity index (χ0v) is 21.2. The molecule has 0 saturated heterocycles. The summed E-state index contributed by atoms with van der Waals surface area (Å²) >= 11 is 0. The lowest BCUT2D eigenvalue weighted by Crippen LogP contribution is -2.40. The summed E-state index contributed by atoms with van der Waals surface area (Å²) in [6.07, 6.45) is 1.96. The predicted molar refractivity (Wildman–Crippen MR) is 129 cm³/mol. The maximum absolute atomic E-state index is 5.79. The molecule has 0 spiro atoms. The molecule has 1 atom stereocenters. The Morgan fingerprint density at radius 2 is 1.66 bits per heavy atom. The van der Waals surface area contributed by atoms with E-state index in [0.29, 0.717) is 29.7 Å². The number of methoxy groups -OCH3 is 3. The highest BCUT2D eigenvalue weighted by atomic mass is 127. The van der Waals surface area contributed by atoms with E-state index in [0.717, 1.165) is 37.5 Å². The second-order valence-electron chi connectivity index (χ2n) is 6.70. The molecule has 7 nitrogen and oxygen atoms in total. The highest BCUT2D eigenvalue weighted by molar-refractivity contribution is 14.0. The molecule has 1 aromatic rings. The fraction of sp³-hybridized carbons (Fsp3) is 0.667. The summed E-state index contributed by atoms with van der Waals surface area (Å²) in [5, 5.41) is 6.69. The SMILES string of the molecule is CCOC(CCNC(=NC)NCCc1ccc(OC)c(OC)c1OC)C(C)C.I. The molecule has 0 fully saturated rings. The van der Waals surface area contributed by atoms with Crippen LogP contribution in [0.1, 0.15) is 32.8 Å². The fourth-order valence-corrected chi connectivity index (χ4v) is 3.05. The highest BCUT2D eigenvalue weighted by Gasteiger charge is 2.16. The molecular formula is C21H38IN3O4. The zero-order valence-electron chi connectivity index (χ0n) is 18.8. The van der Waals surface area contributed by atoms with Crippen LogP contribution in [0.5, 0.6) is 17.2 Å². The van der Waals surface area contributed by atoms with Gasteiger partial charge in [-0.3, -0.25) is 4.99 Å². The van der Waals surface area contributed by atoms with Crippen molar-refractivity contribution < 1.29 is 18.9 Å². The molecule has 168 valence electrons. The number of nitrogens with zero attached hydrogens (tertiary/aromatic N) is 1. The van der Waals surface area contributed by atoms with Crippen LogP contribution in [0.3, 0.4) is 0 Å². The number of halogens is 1. The van der Waals surface area contributed by atoms with Crippen LogP contribution in [0.4, 0.5) is 0 Å². The van der Waals surface area contributed by atoms with E-state index in [2.05, 4.69) is 29.5 Å². The van der Waals surface area contributed by atoms with Crippen molar-refractivity contribution in [1.29, 1.82) is 0 Å². The van der Waals surface area contributed by atoms with E-state index in [1.54, 1.807) is 28.4 Å². The van der Waals surface area contributed by atoms with Crippen LogP contribution in [-0.2, 0) is 11.2 Å². The van der Waals surface area contributed by atoms with Gasteiger partial charge in [-0.05, 0) is 31.7 Å². The highest BCUT2D eigenvalue weighted by Crippen LogP contribution is 2.39. The van der Waals surface area contributed by atoms with Crippen molar-refractivity contribution in [1.82, 2.24) is 10.6 Å². The largest absolute Gasteiger partial charge is 0.493 e. The standard InChI is InChI=1S/C21H37N3O4.HI/c1-8-28-17(15(2)3)12-14-24-21(22-4)23-13-11-16-9-10-18(25-5)20(27-7)19(16)26-6;/h9-10,15,17H,8,11-14H2,1-7H3,(H2,22,23,24);1H. The van der Waals surface area contributed by atoms with E-state index in [1.807, 2.05) is 19.1 Å². The molecule has 0 aromatic heterocycles. The number of guanidine groups is 1. The molecule has 29 heavy (non-hydrogen) atoms. The molecule has 1 aromatic carbocycles. The van der Waals surface area contributed by atoms with Gasteiger partial charge in [0.15, 0.2) is 17.5 Å². The molecule has 0 heterocycles. The summed E-state index contributed by atoms with van der Waals surface area (Å²) in [5.74, 6) is 3.24. The Balaban J connectivity index is 0.00000784. The lowest BCUT2D eigenvalue weighted by Gasteiger charge is -2.21. The van der Waals surface area contributed by atoms with E-state index in [9.17, 15) is 0 Å². The number of hydrogen-bond donors (Lipinski definition) is 2. The van der Waals surface area contributed by atoms with Gasteiger partial charge >= 0.3 is 0 Å². The Hall–Kier alpha value is -1.42. The van der Waals surface area contributed by atoms with Crippen LogP contribution in [-0.4, -0.2) is 60.1 Å². The molecule has 0 radical (unpaired) electrons. The van der Waals surface area contributed by atoms with Crippen molar-refractivity contribution >= 4 is 29.9 Å². The number of rotatable bonds is 12. The van der Waals surface area contributed by atoms with Crippen molar-refractivity contribution in [3.8, 4) is 17.2 Å². The first-order valence-electron chi connectivity index (χ1n) is 9.86. The molecule has 8 heteroatoms. The Morgan fingerprint density at radius 3 is 2.17 bits per heavy atom. The van der Waals surface area contributed by atoms with Gasteiger partial charge in [0, 0.05) is 32.3 Å². The van der Waals surface area contributed by atoms with Crippen LogP contribution in [0.25, 0.3) is 0 Å². The number of aliphatic imine (C=N–C) groups is 1. The maximum atomic E-state index is 5.79. The minimum atomic E-state index is 0. The average molecular weight is 523 g/mol. The van der Waals surface area contributed by atoms with Crippen LogP contribution in [0.15, 0.2) is 17.1 Å². The van der Waals surface area contributed by atoms with Gasteiger partial charge in [0.25, 0.3) is 0 Å². The van der Waals surface area contributed by atoms with E-state index < -0.39 is 0 Å². The molecular weight excluding hydrogens is 485 g/mol. The van der Waals surface area contributed by atoms with E-state index >= 15 is 0 Å². The van der Waals surface area contributed by atoms with E-state index in [-0.39, 0.29) is 30.1 Å². The summed E-state index contributed by atoms with van der Waals surface area (Å²) in [6.45, 7) is 8.66. The van der Waals surface area contributed by atoms with Gasteiger partial charge in [-0.15, -0.1) is 24.0 Å². The second kappa shape index (κ2) is 15.4. The average Bonchev–Trinajstić information content (AvgIpc) is 2.70. The van der Waals surface area contributed by atoms with Crippen molar-refractivity contribution in [2.75, 3.05) is 48.1 Å². The lowest BCUT2D eigenvalue weighted by molar-refractivity contribution is 0.0258. The van der Waals surface area contributed by atoms with Gasteiger partial charge in [-0.2, -0.15) is 0 Å². The maximum Gasteiger partial charge on any atom is 0.203 e. The first kappa shape index (κ1) is 27.6. The first-order chi connectivity index (χ1) is 13.5. The van der Waals surface area contributed by atoms with Gasteiger partial charge in [0.05, 0.1) is 27.4 Å². The molecule has 0 saturated carbocycles. The van der Waals surface area contributed by atoms with E-state index in [1.165, 1.54) is 0 Å². The Morgan fingerprint density at radius 1 is 1.00 bits per heavy atom. The third-order valence-corrected chi connectivity index (χ3v) is 4.54. The van der Waals surface area contributed by atoms with Gasteiger partial charge in [0.1, 0.15) is 0 Å². The van der Waals surface area contributed by atoms with Gasteiger partial charge < -0.3 is 29.6 Å². The molecule has 1 rings (SSSR count). The van der Waals surface area contributed by atoms with Crippen LogP contribution in [0.2, 0.25) is 0 Å². The molecule has 0 aliphatic carbocycles. The fourth-order valence-electron chi connectivity index (χ4n) is 3.05. The van der Waals surface area contributed by atoms with Crippen molar-refractivity contribution in [2.45, 2.75) is 39.7 Å². The van der Waals surface area contributed by atoms with Crippen molar-refractivity contribution in [3.05, 3.63) is 17.7 Å². The van der Waals surface area contributed by atoms with Crippen molar-refractivity contribution in [3.63, 3.8) is 0 Å². The Bertz CT molecular complexity index is 612. The number of ether oxygens (including phenoxy) is 4. The van der Waals surface area contributed by atoms with Crippen molar-refractivity contribution in [2.24, 2.45) is 10.9 Å². The number of benzene rings is 1. The Labute approximate surface area is 192 Å². The normalized spacial score (nSPS) is 12.2.